The summed E-state index contributed by atoms with van der Waals surface area (Å²) >= 11 is 16.6. The maximum absolute atomic E-state index is 11.4. The number of carbonyl (C=O) groups is 2. The molecule has 0 saturated carbocycles. The van der Waals surface area contributed by atoms with Crippen molar-refractivity contribution in [1.82, 2.24) is 0 Å². The van der Waals surface area contributed by atoms with Crippen LogP contribution in [0, 0.1) is 5.41 Å². The van der Waals surface area contributed by atoms with Crippen molar-refractivity contribution in [3.05, 3.63) is 10.4 Å². The number of nitrogens with zero attached hydrogens (tertiary/aromatic N) is 3. The van der Waals surface area contributed by atoms with Crippen LogP contribution in [-0.4, -0.2) is 52.3 Å². The van der Waals surface area contributed by atoms with Gasteiger partial charge in [-0.2, -0.15) is 0 Å². The van der Waals surface area contributed by atoms with Crippen LogP contribution in [-0.2, 0) is 28.5 Å². The quantitative estimate of drug-likeness (QED) is 0.142. The van der Waals surface area contributed by atoms with E-state index in [1.807, 2.05) is 0 Å². The second-order valence-electron chi connectivity index (χ2n) is 5.00. The zero-order valence-electron chi connectivity index (χ0n) is 13.3. The average Bonchev–Trinajstić information content (AvgIpc) is 2.45. The number of nitrogens with one attached hydrogen (secondary N) is 1. The van der Waals surface area contributed by atoms with Gasteiger partial charge in [0.25, 0.3) is 3.79 Å². The number of carbonyl (C=O) groups excluding carboxylic acids is 2. The molecule has 0 unspecified atom stereocenters. The lowest BCUT2D eigenvalue weighted by atomic mass is 9.97. The minimum Gasteiger partial charge on any atom is -0.458 e. The van der Waals surface area contributed by atoms with E-state index in [1.165, 1.54) is 6.92 Å². The maximum Gasteiger partial charge on any atom is 0.303 e. The van der Waals surface area contributed by atoms with Gasteiger partial charge in [-0.05, 0) is 12.5 Å². The third kappa shape index (κ3) is 6.09. The van der Waals surface area contributed by atoms with E-state index >= 15 is 0 Å². The first-order valence-electron chi connectivity index (χ1n) is 6.83. The normalized spacial score (nSPS) is 29.1. The van der Waals surface area contributed by atoms with Gasteiger partial charge in [0.05, 0.1) is 6.10 Å². The van der Waals surface area contributed by atoms with Crippen molar-refractivity contribution in [1.29, 1.82) is 5.41 Å². The zero-order chi connectivity index (χ0) is 19.4. The van der Waals surface area contributed by atoms with Crippen molar-refractivity contribution < 1.29 is 28.5 Å². The predicted octanol–water partition coefficient (Wildman–Crippen LogP) is 2.64. The molecule has 25 heavy (non-hydrogen) atoms. The number of hydrogen-bond acceptors (Lipinski definition) is 8. The highest BCUT2D eigenvalue weighted by atomic mass is 35.6. The van der Waals surface area contributed by atoms with Gasteiger partial charge in [0.15, 0.2) is 12.2 Å². The van der Waals surface area contributed by atoms with E-state index in [9.17, 15) is 9.59 Å². The fourth-order valence-electron chi connectivity index (χ4n) is 2.13. The number of hydrogen-bond donors (Lipinski definition) is 1. The summed E-state index contributed by atoms with van der Waals surface area (Å²) in [5, 5.41) is 11.1. The average molecular weight is 418 g/mol. The molecule has 1 saturated heterocycles. The fraction of sp³-hybridized carbons (Fsp3) is 0.750. The highest BCUT2D eigenvalue weighted by molar-refractivity contribution is 6.76. The summed E-state index contributed by atoms with van der Waals surface area (Å²) in [6, 6.07) is -1.30. The van der Waals surface area contributed by atoms with E-state index in [4.69, 9.17) is 64.7 Å². The fourth-order valence-corrected chi connectivity index (χ4v) is 2.26. The molecule has 5 atom stereocenters. The first kappa shape index (κ1) is 21.6. The summed E-state index contributed by atoms with van der Waals surface area (Å²) < 4.78 is 18.6. The number of rotatable bonds is 4. The number of azide groups is 1. The summed E-state index contributed by atoms with van der Waals surface area (Å²) in [5.41, 5.74) is 8.78. The Balaban J connectivity index is 3.19. The summed E-state index contributed by atoms with van der Waals surface area (Å²) in [6.45, 7) is 3.78. The van der Waals surface area contributed by atoms with Crippen LogP contribution in [0.5, 0.6) is 0 Å². The Morgan fingerprint density at radius 2 is 1.68 bits per heavy atom. The molecule has 1 fully saturated rings. The molecule has 10 nitrogen and oxygen atoms in total. The monoisotopic (exact) mass is 416 g/mol. The van der Waals surface area contributed by atoms with Gasteiger partial charge in [0.2, 0.25) is 12.2 Å². The summed E-state index contributed by atoms with van der Waals surface area (Å²) in [4.78, 5) is 25.3. The Kier molecular flexibility index (Phi) is 7.58. The maximum atomic E-state index is 11.4. The lowest BCUT2D eigenvalue weighted by Crippen LogP contribution is -2.59. The van der Waals surface area contributed by atoms with Crippen LogP contribution in [0.25, 0.3) is 10.4 Å². The Morgan fingerprint density at radius 1 is 1.16 bits per heavy atom. The number of alkyl halides is 3. The molecular formula is C12H15Cl3N4O6. The second kappa shape index (κ2) is 8.77. The van der Waals surface area contributed by atoms with Crippen molar-refractivity contribution in [2.45, 2.75) is 55.2 Å². The number of halogens is 3. The van der Waals surface area contributed by atoms with E-state index in [0.717, 1.165) is 13.8 Å². The third-order valence-electron chi connectivity index (χ3n) is 3.03. The van der Waals surface area contributed by atoms with Gasteiger partial charge in [-0.3, -0.25) is 15.0 Å². The van der Waals surface area contributed by atoms with Crippen LogP contribution in [0.4, 0.5) is 0 Å². The third-order valence-corrected chi connectivity index (χ3v) is 3.55. The SMILES string of the molecule is CC(=O)O[C@@H]1[C@@H](N=[N+]=[N-])[C@@H](OC(=N)C(Cl)(Cl)Cl)O[C@H](C)[C@@H]1OC(C)=O. The van der Waals surface area contributed by atoms with Gasteiger partial charge in [0.1, 0.15) is 6.04 Å². The van der Waals surface area contributed by atoms with Crippen molar-refractivity contribution in [2.24, 2.45) is 5.11 Å². The smallest absolute Gasteiger partial charge is 0.303 e. The number of esters is 2. The van der Waals surface area contributed by atoms with E-state index in [1.54, 1.807) is 0 Å². The molecule has 0 spiro atoms. The molecule has 0 bridgehead atoms. The van der Waals surface area contributed by atoms with Crippen LogP contribution in [0.15, 0.2) is 5.11 Å². The molecule has 0 aromatic heterocycles. The molecule has 1 rings (SSSR count). The standard InChI is InChI=1S/C12H15Cl3N4O6/c1-4-8(23-5(2)20)9(24-6(3)21)7(18-19-17)10(22-4)25-11(16)12(13,14)15/h4,7-10,16H,1-3H3/t4-,7-,8+,9-,10-/m1/s1. The lowest BCUT2D eigenvalue weighted by Gasteiger charge is -2.42. The molecule has 1 aliphatic rings. The molecule has 1 N–H and O–H groups in total. The first-order valence-corrected chi connectivity index (χ1v) is 7.97. The van der Waals surface area contributed by atoms with E-state index in [-0.39, 0.29) is 0 Å². The van der Waals surface area contributed by atoms with Crippen molar-refractivity contribution >= 4 is 52.6 Å². The van der Waals surface area contributed by atoms with Crippen molar-refractivity contribution in [3.8, 4) is 0 Å². The second-order valence-corrected chi connectivity index (χ2v) is 7.28. The topological polar surface area (TPSA) is 144 Å². The largest absolute Gasteiger partial charge is 0.458 e. The molecule has 1 aliphatic heterocycles. The zero-order valence-corrected chi connectivity index (χ0v) is 15.6. The van der Waals surface area contributed by atoms with Crippen LogP contribution in [0.2, 0.25) is 0 Å². The van der Waals surface area contributed by atoms with Crippen LogP contribution in [0.3, 0.4) is 0 Å². The molecule has 0 radical (unpaired) electrons. The van der Waals surface area contributed by atoms with Gasteiger partial charge in [-0.25, -0.2) is 0 Å². The van der Waals surface area contributed by atoms with Gasteiger partial charge in [0, 0.05) is 18.8 Å². The molecular weight excluding hydrogens is 403 g/mol. The highest BCUT2D eigenvalue weighted by Crippen LogP contribution is 2.33. The summed E-state index contributed by atoms with van der Waals surface area (Å²) in [6.07, 6.45) is -4.55. The van der Waals surface area contributed by atoms with Crippen LogP contribution >= 0.6 is 34.8 Å². The van der Waals surface area contributed by atoms with Crippen molar-refractivity contribution in [3.63, 3.8) is 0 Å². The predicted molar refractivity (Wildman–Crippen MR) is 87.5 cm³/mol. The molecule has 0 aromatic carbocycles. The van der Waals surface area contributed by atoms with Gasteiger partial charge < -0.3 is 18.9 Å². The first-order chi connectivity index (χ1) is 11.5. The Bertz CT molecular complexity index is 592. The molecule has 1 heterocycles. The highest BCUT2D eigenvalue weighted by Gasteiger charge is 2.50. The van der Waals surface area contributed by atoms with Crippen LogP contribution in [0.1, 0.15) is 20.8 Å². The Labute approximate surface area is 157 Å². The Hall–Kier alpha value is -1.45. The van der Waals surface area contributed by atoms with E-state index < -0.39 is 52.3 Å². The van der Waals surface area contributed by atoms with Gasteiger partial charge in [-0.1, -0.05) is 39.9 Å². The van der Waals surface area contributed by atoms with Crippen molar-refractivity contribution in [2.75, 3.05) is 0 Å². The molecule has 13 heteroatoms. The lowest BCUT2D eigenvalue weighted by molar-refractivity contribution is -0.245. The van der Waals surface area contributed by atoms with Gasteiger partial charge >= 0.3 is 11.9 Å². The van der Waals surface area contributed by atoms with E-state index in [0.29, 0.717) is 0 Å². The van der Waals surface area contributed by atoms with Crippen LogP contribution < -0.4 is 0 Å². The molecule has 0 aromatic rings. The minimum atomic E-state index is -2.18. The van der Waals surface area contributed by atoms with E-state index in [2.05, 4.69) is 10.0 Å². The minimum absolute atomic E-state index is 0.661. The Morgan fingerprint density at radius 3 is 2.12 bits per heavy atom. The number of ether oxygens (including phenoxy) is 4. The van der Waals surface area contributed by atoms with Gasteiger partial charge in [-0.15, -0.1) is 0 Å². The molecule has 0 amide bonds. The summed E-state index contributed by atoms with van der Waals surface area (Å²) in [5.74, 6) is -2.17. The summed E-state index contributed by atoms with van der Waals surface area (Å²) in [7, 11) is 0. The molecule has 0 aliphatic carbocycles. The molecule has 140 valence electrons.